The number of anilines is 1. The molecule has 128 valence electrons. The molecule has 1 aromatic heterocycles. The fraction of sp³-hybridized carbons (Fsp3) is 0.118. The third kappa shape index (κ3) is 3.72. The Hall–Kier alpha value is -3.06. The minimum absolute atomic E-state index is 0.0187. The SMILES string of the molecule is COc1ccc(C(=O)Nc2nnc(-c3cccc(Cl)c3)o2)cc1OC. The monoisotopic (exact) mass is 359 g/mol. The summed E-state index contributed by atoms with van der Waals surface area (Å²) >= 11 is 5.94. The number of rotatable bonds is 5. The van der Waals surface area contributed by atoms with Crippen LogP contribution in [0.2, 0.25) is 5.02 Å². The lowest BCUT2D eigenvalue weighted by atomic mass is 10.2. The summed E-state index contributed by atoms with van der Waals surface area (Å²) in [6.07, 6.45) is 0. The molecule has 8 heteroatoms. The van der Waals surface area contributed by atoms with Crippen LogP contribution < -0.4 is 14.8 Å². The smallest absolute Gasteiger partial charge is 0.322 e. The Morgan fingerprint density at radius 1 is 1.08 bits per heavy atom. The van der Waals surface area contributed by atoms with Crippen molar-refractivity contribution in [2.75, 3.05) is 19.5 Å². The Balaban J connectivity index is 1.78. The van der Waals surface area contributed by atoms with Crippen molar-refractivity contribution >= 4 is 23.5 Å². The topological polar surface area (TPSA) is 86.5 Å². The van der Waals surface area contributed by atoms with Crippen LogP contribution in [0.25, 0.3) is 11.5 Å². The van der Waals surface area contributed by atoms with Crippen molar-refractivity contribution in [2.24, 2.45) is 0 Å². The molecule has 0 saturated carbocycles. The zero-order chi connectivity index (χ0) is 17.8. The van der Waals surface area contributed by atoms with Gasteiger partial charge in [-0.2, -0.15) is 0 Å². The number of methoxy groups -OCH3 is 2. The van der Waals surface area contributed by atoms with Crippen molar-refractivity contribution < 1.29 is 18.7 Å². The van der Waals surface area contributed by atoms with Gasteiger partial charge in [0.1, 0.15) is 0 Å². The molecule has 0 bridgehead atoms. The predicted molar refractivity (Wildman–Crippen MR) is 92.2 cm³/mol. The number of nitrogens with one attached hydrogen (secondary N) is 1. The molecule has 3 aromatic rings. The molecule has 25 heavy (non-hydrogen) atoms. The highest BCUT2D eigenvalue weighted by Gasteiger charge is 2.15. The summed E-state index contributed by atoms with van der Waals surface area (Å²) in [6, 6.07) is 11.8. The van der Waals surface area contributed by atoms with Gasteiger partial charge in [-0.25, -0.2) is 0 Å². The summed E-state index contributed by atoms with van der Waals surface area (Å²) < 4.78 is 15.8. The van der Waals surface area contributed by atoms with Gasteiger partial charge in [-0.05, 0) is 36.4 Å². The van der Waals surface area contributed by atoms with Crippen LogP contribution in [0.15, 0.2) is 46.9 Å². The number of nitrogens with zero attached hydrogens (tertiary/aromatic N) is 2. The third-order valence-electron chi connectivity index (χ3n) is 3.36. The van der Waals surface area contributed by atoms with Crippen LogP contribution in [0.5, 0.6) is 11.5 Å². The van der Waals surface area contributed by atoms with Gasteiger partial charge in [0.15, 0.2) is 11.5 Å². The summed E-state index contributed by atoms with van der Waals surface area (Å²) in [5.74, 6) is 0.813. The van der Waals surface area contributed by atoms with Crippen LogP contribution in [-0.2, 0) is 0 Å². The second-order valence-electron chi connectivity index (χ2n) is 4.95. The Bertz CT molecular complexity index is 910. The van der Waals surface area contributed by atoms with E-state index in [2.05, 4.69) is 15.5 Å². The number of amides is 1. The molecule has 7 nitrogen and oxygen atoms in total. The lowest BCUT2D eigenvalue weighted by molar-refractivity contribution is 0.102. The van der Waals surface area contributed by atoms with Crippen LogP contribution in [-0.4, -0.2) is 30.3 Å². The van der Waals surface area contributed by atoms with Crippen molar-refractivity contribution in [1.82, 2.24) is 10.2 Å². The van der Waals surface area contributed by atoms with E-state index in [0.717, 1.165) is 0 Å². The van der Waals surface area contributed by atoms with Crippen molar-refractivity contribution in [3.05, 3.63) is 53.1 Å². The number of carbonyl (C=O) groups is 1. The maximum absolute atomic E-state index is 12.3. The first kappa shape index (κ1) is 16.8. The Morgan fingerprint density at radius 2 is 1.88 bits per heavy atom. The zero-order valence-electron chi connectivity index (χ0n) is 13.4. The van der Waals surface area contributed by atoms with Crippen LogP contribution in [0.4, 0.5) is 6.01 Å². The number of hydrogen-bond donors (Lipinski definition) is 1. The number of ether oxygens (including phenoxy) is 2. The van der Waals surface area contributed by atoms with Crippen LogP contribution in [0.3, 0.4) is 0 Å². The van der Waals surface area contributed by atoms with Gasteiger partial charge in [0.25, 0.3) is 5.91 Å². The average molecular weight is 360 g/mol. The molecule has 0 radical (unpaired) electrons. The van der Waals surface area contributed by atoms with Crippen molar-refractivity contribution in [2.45, 2.75) is 0 Å². The number of carbonyl (C=O) groups excluding carboxylic acids is 1. The molecule has 3 rings (SSSR count). The molecular formula is C17H14ClN3O4. The Labute approximate surface area is 148 Å². The van der Waals surface area contributed by atoms with E-state index in [1.54, 1.807) is 42.5 Å². The Morgan fingerprint density at radius 3 is 2.60 bits per heavy atom. The van der Waals surface area contributed by atoms with Gasteiger partial charge in [-0.15, -0.1) is 5.10 Å². The number of halogens is 1. The number of hydrogen-bond acceptors (Lipinski definition) is 6. The fourth-order valence-electron chi connectivity index (χ4n) is 2.16. The molecule has 0 atom stereocenters. The van der Waals surface area contributed by atoms with Gasteiger partial charge in [-0.3, -0.25) is 10.1 Å². The van der Waals surface area contributed by atoms with Gasteiger partial charge in [0.2, 0.25) is 5.89 Å². The van der Waals surface area contributed by atoms with Crippen molar-refractivity contribution in [1.29, 1.82) is 0 Å². The van der Waals surface area contributed by atoms with Crippen LogP contribution >= 0.6 is 11.6 Å². The van der Waals surface area contributed by atoms with E-state index in [4.69, 9.17) is 25.5 Å². The molecule has 0 aliphatic rings. The third-order valence-corrected chi connectivity index (χ3v) is 3.60. The lowest BCUT2D eigenvalue weighted by Crippen LogP contribution is -2.12. The molecule has 2 aromatic carbocycles. The minimum atomic E-state index is -0.415. The summed E-state index contributed by atoms with van der Waals surface area (Å²) in [7, 11) is 3.02. The highest BCUT2D eigenvalue weighted by atomic mass is 35.5. The average Bonchev–Trinajstić information content (AvgIpc) is 3.09. The van der Waals surface area contributed by atoms with E-state index in [1.165, 1.54) is 14.2 Å². The van der Waals surface area contributed by atoms with E-state index in [-0.39, 0.29) is 11.9 Å². The molecule has 1 heterocycles. The van der Waals surface area contributed by atoms with Crippen molar-refractivity contribution in [3.63, 3.8) is 0 Å². The van der Waals surface area contributed by atoms with Gasteiger partial charge < -0.3 is 13.9 Å². The highest BCUT2D eigenvalue weighted by Crippen LogP contribution is 2.28. The molecule has 0 aliphatic heterocycles. The van der Waals surface area contributed by atoms with Crippen LogP contribution in [0.1, 0.15) is 10.4 Å². The van der Waals surface area contributed by atoms with E-state index >= 15 is 0 Å². The molecule has 0 spiro atoms. The standard InChI is InChI=1S/C17H14ClN3O4/c1-23-13-7-6-10(9-14(13)24-2)15(22)19-17-21-20-16(25-17)11-4-3-5-12(18)8-11/h3-9H,1-2H3,(H,19,21,22). The predicted octanol–water partition coefficient (Wildman–Crippen LogP) is 3.66. The van der Waals surface area contributed by atoms with E-state index in [9.17, 15) is 4.79 Å². The highest BCUT2D eigenvalue weighted by molar-refractivity contribution is 6.30. The molecule has 1 amide bonds. The summed E-state index contributed by atoms with van der Waals surface area (Å²) in [6.45, 7) is 0. The van der Waals surface area contributed by atoms with E-state index in [0.29, 0.717) is 27.6 Å². The maximum atomic E-state index is 12.3. The normalized spacial score (nSPS) is 10.4. The van der Waals surface area contributed by atoms with Gasteiger partial charge in [0, 0.05) is 16.1 Å². The fourth-order valence-corrected chi connectivity index (χ4v) is 2.35. The van der Waals surface area contributed by atoms with E-state index < -0.39 is 5.91 Å². The summed E-state index contributed by atoms with van der Waals surface area (Å²) in [5.41, 5.74) is 1.02. The van der Waals surface area contributed by atoms with E-state index in [1.807, 2.05) is 0 Å². The molecule has 1 N–H and O–H groups in total. The second-order valence-corrected chi connectivity index (χ2v) is 5.38. The lowest BCUT2D eigenvalue weighted by Gasteiger charge is -2.08. The molecule has 0 fully saturated rings. The molecular weight excluding hydrogens is 346 g/mol. The van der Waals surface area contributed by atoms with Crippen LogP contribution in [0, 0.1) is 0 Å². The molecule has 0 aliphatic carbocycles. The first-order valence-corrected chi connectivity index (χ1v) is 7.61. The van der Waals surface area contributed by atoms with Gasteiger partial charge in [-0.1, -0.05) is 22.8 Å². The largest absolute Gasteiger partial charge is 0.493 e. The second kappa shape index (κ2) is 7.23. The molecule has 0 saturated heterocycles. The minimum Gasteiger partial charge on any atom is -0.493 e. The first-order valence-electron chi connectivity index (χ1n) is 7.23. The quantitative estimate of drug-likeness (QED) is 0.748. The van der Waals surface area contributed by atoms with Gasteiger partial charge >= 0.3 is 6.01 Å². The molecule has 0 unspecified atom stereocenters. The summed E-state index contributed by atoms with van der Waals surface area (Å²) in [5, 5.41) is 10.8. The zero-order valence-corrected chi connectivity index (χ0v) is 14.2. The maximum Gasteiger partial charge on any atom is 0.322 e. The first-order chi connectivity index (χ1) is 12.1. The number of benzene rings is 2. The Kier molecular flexibility index (Phi) is 4.85. The number of aromatic nitrogens is 2. The summed E-state index contributed by atoms with van der Waals surface area (Å²) in [4.78, 5) is 12.3. The van der Waals surface area contributed by atoms with Gasteiger partial charge in [0.05, 0.1) is 14.2 Å². The van der Waals surface area contributed by atoms with Crippen molar-refractivity contribution in [3.8, 4) is 23.0 Å².